The molecule has 0 atom stereocenters. The Balaban J connectivity index is 1.27. The van der Waals surface area contributed by atoms with Gasteiger partial charge in [0.15, 0.2) is 0 Å². The van der Waals surface area contributed by atoms with Crippen LogP contribution in [0.1, 0.15) is 5.56 Å². The average molecular weight is 407 g/mol. The number of rotatable bonds is 4. The number of tetrazole rings is 1. The Labute approximate surface area is 175 Å². The summed E-state index contributed by atoms with van der Waals surface area (Å²) < 4.78 is 7.25. The summed E-state index contributed by atoms with van der Waals surface area (Å²) in [5, 5.41) is 12.4. The third kappa shape index (κ3) is 3.78. The first-order valence-electron chi connectivity index (χ1n) is 10.3. The van der Waals surface area contributed by atoms with Gasteiger partial charge in [0.2, 0.25) is 5.95 Å². The summed E-state index contributed by atoms with van der Waals surface area (Å²) >= 11 is 0. The van der Waals surface area contributed by atoms with Crippen LogP contribution in [0, 0.1) is 6.92 Å². The predicted octanol–water partition coefficient (Wildman–Crippen LogP) is 0.924. The van der Waals surface area contributed by atoms with Crippen LogP contribution in [0.15, 0.2) is 36.7 Å². The second kappa shape index (κ2) is 8.23. The normalized spacial score (nSPS) is 17.4. The molecule has 2 aliphatic heterocycles. The monoisotopic (exact) mass is 407 g/mol. The van der Waals surface area contributed by atoms with E-state index in [2.05, 4.69) is 65.3 Å². The van der Waals surface area contributed by atoms with Crippen LogP contribution < -0.4 is 14.7 Å². The molecule has 0 N–H and O–H groups in total. The minimum atomic E-state index is 0.744. The second-order valence-corrected chi connectivity index (χ2v) is 7.53. The third-order valence-electron chi connectivity index (χ3n) is 5.59. The van der Waals surface area contributed by atoms with Crippen LogP contribution in [0.3, 0.4) is 0 Å². The fraction of sp³-hybridized carbons (Fsp3) is 0.450. The highest BCUT2D eigenvalue weighted by molar-refractivity contribution is 5.52. The van der Waals surface area contributed by atoms with Gasteiger partial charge in [-0.05, 0) is 29.5 Å². The molecule has 0 bridgehead atoms. The zero-order valence-electron chi connectivity index (χ0n) is 17.1. The maximum absolute atomic E-state index is 5.44. The summed E-state index contributed by atoms with van der Waals surface area (Å²) in [5.41, 5.74) is 2.18. The number of morpholine rings is 1. The number of nitrogens with zero attached hydrogens (tertiary/aromatic N) is 9. The molecule has 0 unspecified atom stereocenters. The molecule has 156 valence electrons. The molecule has 4 heterocycles. The van der Waals surface area contributed by atoms with E-state index in [-0.39, 0.29) is 0 Å². The molecular formula is C20H25N9O. The first-order valence-corrected chi connectivity index (χ1v) is 10.3. The summed E-state index contributed by atoms with van der Waals surface area (Å²) in [6.07, 6.45) is 1.66. The molecular weight excluding hydrogens is 382 g/mol. The fourth-order valence-electron chi connectivity index (χ4n) is 3.84. The van der Waals surface area contributed by atoms with E-state index in [1.807, 2.05) is 12.1 Å². The lowest BCUT2D eigenvalue weighted by atomic mass is 10.2. The van der Waals surface area contributed by atoms with Gasteiger partial charge in [0, 0.05) is 45.3 Å². The summed E-state index contributed by atoms with van der Waals surface area (Å²) in [6, 6.07) is 10.3. The number of aromatic nitrogens is 6. The van der Waals surface area contributed by atoms with Crippen LogP contribution in [0.2, 0.25) is 0 Å². The number of hydrogen-bond donors (Lipinski definition) is 0. The van der Waals surface area contributed by atoms with E-state index < -0.39 is 0 Å². The molecule has 10 nitrogen and oxygen atoms in total. The van der Waals surface area contributed by atoms with Crippen LogP contribution in [0.5, 0.6) is 0 Å². The summed E-state index contributed by atoms with van der Waals surface area (Å²) in [7, 11) is 0. The zero-order chi connectivity index (χ0) is 20.3. The van der Waals surface area contributed by atoms with Crippen molar-refractivity contribution in [3.63, 3.8) is 0 Å². The Kier molecular flexibility index (Phi) is 5.14. The molecule has 10 heteroatoms. The number of hydrogen-bond acceptors (Lipinski definition) is 9. The van der Waals surface area contributed by atoms with Crippen LogP contribution in [0.4, 0.5) is 17.6 Å². The van der Waals surface area contributed by atoms with Gasteiger partial charge in [0.05, 0.1) is 18.9 Å². The first kappa shape index (κ1) is 18.7. The minimum Gasteiger partial charge on any atom is -0.378 e. The van der Waals surface area contributed by atoms with Crippen molar-refractivity contribution in [2.75, 3.05) is 67.2 Å². The Morgan fingerprint density at radius 3 is 2.13 bits per heavy atom. The molecule has 1 aromatic carbocycles. The number of ether oxygens (including phenoxy) is 1. The standard InChI is InChI=1S/C20H25N9O/c1-16-2-4-17(5-3-16)29-20(23-24-25-29)28-8-6-26(7-9-28)18-14-19(22-15-21-18)27-10-12-30-13-11-27/h2-5,14-15H,6-13H2,1H3. The number of piperazine rings is 1. The van der Waals surface area contributed by atoms with Crippen molar-refractivity contribution < 1.29 is 4.74 Å². The molecule has 0 amide bonds. The maximum Gasteiger partial charge on any atom is 0.250 e. The molecule has 0 saturated carbocycles. The molecule has 5 rings (SSSR count). The van der Waals surface area contributed by atoms with Gasteiger partial charge in [0.1, 0.15) is 18.0 Å². The van der Waals surface area contributed by atoms with Crippen molar-refractivity contribution in [2.45, 2.75) is 6.92 Å². The number of benzene rings is 1. The molecule has 0 radical (unpaired) electrons. The Morgan fingerprint density at radius 1 is 0.800 bits per heavy atom. The van der Waals surface area contributed by atoms with Crippen molar-refractivity contribution >= 4 is 17.6 Å². The maximum atomic E-state index is 5.44. The molecule has 0 spiro atoms. The Morgan fingerprint density at radius 2 is 1.43 bits per heavy atom. The van der Waals surface area contributed by atoms with Crippen LogP contribution in [-0.2, 0) is 4.74 Å². The van der Waals surface area contributed by atoms with Crippen molar-refractivity contribution in [3.05, 3.63) is 42.2 Å². The van der Waals surface area contributed by atoms with E-state index in [1.54, 1.807) is 11.0 Å². The van der Waals surface area contributed by atoms with Crippen molar-refractivity contribution in [1.29, 1.82) is 0 Å². The fourth-order valence-corrected chi connectivity index (χ4v) is 3.84. The Bertz CT molecular complexity index is 976. The quantitative estimate of drug-likeness (QED) is 0.626. The van der Waals surface area contributed by atoms with Crippen LogP contribution >= 0.6 is 0 Å². The van der Waals surface area contributed by atoms with Crippen molar-refractivity contribution in [1.82, 2.24) is 30.2 Å². The number of aryl methyl sites for hydroxylation is 1. The van der Waals surface area contributed by atoms with Crippen molar-refractivity contribution in [3.8, 4) is 5.69 Å². The molecule has 2 saturated heterocycles. The predicted molar refractivity (Wildman–Crippen MR) is 113 cm³/mol. The highest BCUT2D eigenvalue weighted by atomic mass is 16.5. The van der Waals surface area contributed by atoms with Gasteiger partial charge < -0.3 is 19.4 Å². The van der Waals surface area contributed by atoms with Gasteiger partial charge in [-0.1, -0.05) is 22.8 Å². The molecule has 3 aromatic rings. The van der Waals surface area contributed by atoms with Gasteiger partial charge >= 0.3 is 0 Å². The molecule has 2 fully saturated rings. The minimum absolute atomic E-state index is 0.744. The highest BCUT2D eigenvalue weighted by Gasteiger charge is 2.24. The number of anilines is 3. The lowest BCUT2D eigenvalue weighted by molar-refractivity contribution is 0.122. The smallest absolute Gasteiger partial charge is 0.250 e. The molecule has 0 aliphatic carbocycles. The molecule has 2 aromatic heterocycles. The molecule has 30 heavy (non-hydrogen) atoms. The van der Waals surface area contributed by atoms with E-state index in [0.717, 1.165) is 75.8 Å². The lowest BCUT2D eigenvalue weighted by Gasteiger charge is -2.36. The lowest BCUT2D eigenvalue weighted by Crippen LogP contribution is -2.47. The van der Waals surface area contributed by atoms with Gasteiger partial charge in [-0.2, -0.15) is 4.68 Å². The van der Waals surface area contributed by atoms with Gasteiger partial charge in [-0.15, -0.1) is 0 Å². The van der Waals surface area contributed by atoms with Gasteiger partial charge in [0.25, 0.3) is 0 Å². The first-order chi connectivity index (χ1) is 14.8. The topological polar surface area (TPSA) is 88.3 Å². The van der Waals surface area contributed by atoms with Crippen LogP contribution in [-0.4, -0.2) is 82.7 Å². The van der Waals surface area contributed by atoms with E-state index in [9.17, 15) is 0 Å². The summed E-state index contributed by atoms with van der Waals surface area (Å²) in [4.78, 5) is 15.7. The summed E-state index contributed by atoms with van der Waals surface area (Å²) in [5.74, 6) is 2.70. The van der Waals surface area contributed by atoms with Gasteiger partial charge in [-0.25, -0.2) is 9.97 Å². The van der Waals surface area contributed by atoms with E-state index in [4.69, 9.17) is 4.74 Å². The third-order valence-corrected chi connectivity index (χ3v) is 5.59. The average Bonchev–Trinajstić information content (AvgIpc) is 3.30. The SMILES string of the molecule is Cc1ccc(-n2nnnc2N2CCN(c3cc(N4CCOCC4)ncn3)CC2)cc1. The largest absolute Gasteiger partial charge is 0.378 e. The summed E-state index contributed by atoms with van der Waals surface area (Å²) in [6.45, 7) is 8.63. The van der Waals surface area contributed by atoms with Crippen molar-refractivity contribution in [2.24, 2.45) is 0 Å². The van der Waals surface area contributed by atoms with Crippen LogP contribution in [0.25, 0.3) is 5.69 Å². The Hall–Kier alpha value is -3.27. The highest BCUT2D eigenvalue weighted by Crippen LogP contribution is 2.22. The van der Waals surface area contributed by atoms with Gasteiger partial charge in [-0.3, -0.25) is 0 Å². The zero-order valence-corrected chi connectivity index (χ0v) is 17.1. The van der Waals surface area contributed by atoms with E-state index in [1.165, 1.54) is 5.56 Å². The van der Waals surface area contributed by atoms with E-state index >= 15 is 0 Å². The second-order valence-electron chi connectivity index (χ2n) is 7.53. The molecule has 2 aliphatic rings. The van der Waals surface area contributed by atoms with E-state index in [0.29, 0.717) is 0 Å².